The molecule has 2 rings (SSSR count). The molecular formula is C18H29N3O4S. The lowest BCUT2D eigenvalue weighted by Gasteiger charge is -2.23. The van der Waals surface area contributed by atoms with E-state index in [1.54, 1.807) is 33.1 Å². The quantitative estimate of drug-likeness (QED) is 0.465. The Morgan fingerprint density at radius 1 is 1.19 bits per heavy atom. The number of thioether (sulfide) groups is 1. The summed E-state index contributed by atoms with van der Waals surface area (Å²) >= 11 is 1.78. The molecular weight excluding hydrogens is 354 g/mol. The molecule has 0 aromatic heterocycles. The summed E-state index contributed by atoms with van der Waals surface area (Å²) in [6.07, 6.45) is 0.803. The Morgan fingerprint density at radius 2 is 1.88 bits per heavy atom. The fourth-order valence-corrected chi connectivity index (χ4v) is 4.02. The van der Waals surface area contributed by atoms with Crippen molar-refractivity contribution in [3.05, 3.63) is 17.7 Å². The van der Waals surface area contributed by atoms with Crippen molar-refractivity contribution in [3.8, 4) is 17.2 Å². The normalized spacial score (nSPS) is 20.0. The third-order valence-electron chi connectivity index (χ3n) is 4.16. The molecule has 0 amide bonds. The Morgan fingerprint density at radius 3 is 2.38 bits per heavy atom. The van der Waals surface area contributed by atoms with Crippen LogP contribution in [0.4, 0.5) is 0 Å². The average molecular weight is 384 g/mol. The van der Waals surface area contributed by atoms with Crippen molar-refractivity contribution in [1.82, 2.24) is 10.6 Å². The number of hydrogen-bond acceptors (Lipinski definition) is 6. The maximum Gasteiger partial charge on any atom is 0.203 e. The molecule has 1 heterocycles. The predicted molar refractivity (Wildman–Crippen MR) is 106 cm³/mol. The monoisotopic (exact) mass is 383 g/mol. The standard InChI is InChI=1S/C18H29N3O4S/c1-5-19-17(21-11-18(22)6-7-26-12-18)20-10-13-8-14(23-2)16(25-4)15(9-13)24-3/h8-9,22H,5-7,10-12H2,1-4H3,(H2,19,20,21). The van der Waals surface area contributed by atoms with Crippen LogP contribution in [0, 0.1) is 0 Å². The zero-order chi connectivity index (χ0) is 19.0. The number of methoxy groups -OCH3 is 3. The number of guanidine groups is 1. The molecule has 1 aliphatic heterocycles. The van der Waals surface area contributed by atoms with Gasteiger partial charge < -0.3 is 30.0 Å². The maximum absolute atomic E-state index is 10.5. The van der Waals surface area contributed by atoms with Gasteiger partial charge in [0.1, 0.15) is 0 Å². The molecule has 0 bridgehead atoms. The second-order valence-corrected chi connectivity index (χ2v) is 7.21. The van der Waals surface area contributed by atoms with Crippen molar-refractivity contribution in [3.63, 3.8) is 0 Å². The molecule has 1 fully saturated rings. The highest BCUT2D eigenvalue weighted by Crippen LogP contribution is 2.38. The van der Waals surface area contributed by atoms with Gasteiger partial charge in [0.25, 0.3) is 0 Å². The van der Waals surface area contributed by atoms with Gasteiger partial charge >= 0.3 is 0 Å². The van der Waals surface area contributed by atoms with E-state index in [0.29, 0.717) is 36.3 Å². The molecule has 3 N–H and O–H groups in total. The van der Waals surface area contributed by atoms with Gasteiger partial charge in [0.05, 0.1) is 33.5 Å². The van der Waals surface area contributed by atoms with E-state index in [9.17, 15) is 5.11 Å². The van der Waals surface area contributed by atoms with Gasteiger partial charge in [-0.25, -0.2) is 4.99 Å². The molecule has 7 nitrogen and oxygen atoms in total. The molecule has 1 aromatic rings. The first-order chi connectivity index (χ1) is 12.5. The van der Waals surface area contributed by atoms with Gasteiger partial charge in [0.2, 0.25) is 5.75 Å². The minimum atomic E-state index is -0.659. The van der Waals surface area contributed by atoms with Crippen LogP contribution < -0.4 is 24.8 Å². The number of hydrogen-bond donors (Lipinski definition) is 3. The number of rotatable bonds is 8. The van der Waals surface area contributed by atoms with Crippen LogP contribution in [-0.2, 0) is 6.54 Å². The highest BCUT2D eigenvalue weighted by Gasteiger charge is 2.31. The van der Waals surface area contributed by atoms with E-state index < -0.39 is 5.60 Å². The first-order valence-electron chi connectivity index (χ1n) is 8.66. The van der Waals surface area contributed by atoms with Gasteiger partial charge in [-0.2, -0.15) is 11.8 Å². The number of aliphatic imine (C=N–C) groups is 1. The molecule has 1 saturated heterocycles. The second kappa shape index (κ2) is 9.78. The minimum Gasteiger partial charge on any atom is -0.493 e. The van der Waals surface area contributed by atoms with Crippen LogP contribution >= 0.6 is 11.8 Å². The summed E-state index contributed by atoms with van der Waals surface area (Å²) in [7, 11) is 4.77. The Bertz CT molecular complexity index is 593. The number of nitrogens with zero attached hydrogens (tertiary/aromatic N) is 1. The second-order valence-electron chi connectivity index (χ2n) is 6.11. The van der Waals surface area contributed by atoms with Crippen LogP contribution in [0.5, 0.6) is 17.2 Å². The first kappa shape index (κ1) is 20.5. The molecule has 1 aromatic carbocycles. The smallest absolute Gasteiger partial charge is 0.203 e. The summed E-state index contributed by atoms with van der Waals surface area (Å²) in [6, 6.07) is 3.77. The van der Waals surface area contributed by atoms with Crippen molar-refractivity contribution >= 4 is 17.7 Å². The topological polar surface area (TPSA) is 84.3 Å². The third kappa shape index (κ3) is 5.35. The van der Waals surface area contributed by atoms with Gasteiger partial charge in [-0.15, -0.1) is 0 Å². The van der Waals surface area contributed by atoms with Crippen molar-refractivity contribution < 1.29 is 19.3 Å². The largest absolute Gasteiger partial charge is 0.493 e. The van der Waals surface area contributed by atoms with E-state index >= 15 is 0 Å². The summed E-state index contributed by atoms with van der Waals surface area (Å²) in [5.74, 6) is 4.20. The number of nitrogens with one attached hydrogen (secondary N) is 2. The molecule has 0 spiro atoms. The lowest BCUT2D eigenvalue weighted by molar-refractivity contribution is 0.0724. The molecule has 1 unspecified atom stereocenters. The highest BCUT2D eigenvalue weighted by atomic mass is 32.2. The van der Waals surface area contributed by atoms with Gasteiger partial charge in [-0.1, -0.05) is 0 Å². The van der Waals surface area contributed by atoms with Crippen molar-refractivity contribution in [2.24, 2.45) is 4.99 Å². The Labute approximate surface area is 159 Å². The first-order valence-corrected chi connectivity index (χ1v) is 9.82. The minimum absolute atomic E-state index is 0.444. The lowest BCUT2D eigenvalue weighted by atomic mass is 10.0. The third-order valence-corrected chi connectivity index (χ3v) is 5.39. The van der Waals surface area contributed by atoms with Gasteiger partial charge in [-0.3, -0.25) is 0 Å². The zero-order valence-electron chi connectivity index (χ0n) is 15.9. The Balaban J connectivity index is 2.10. The van der Waals surface area contributed by atoms with Crippen LogP contribution in [-0.4, -0.2) is 62.6 Å². The van der Waals surface area contributed by atoms with Crippen molar-refractivity contribution in [2.45, 2.75) is 25.5 Å². The summed E-state index contributed by atoms with van der Waals surface area (Å²) in [5, 5.41) is 16.9. The zero-order valence-corrected chi connectivity index (χ0v) is 16.7. The molecule has 0 aliphatic carbocycles. The number of ether oxygens (including phenoxy) is 3. The van der Waals surface area contributed by atoms with Crippen LogP contribution in [0.3, 0.4) is 0 Å². The molecule has 26 heavy (non-hydrogen) atoms. The molecule has 1 atom stereocenters. The Kier molecular flexibility index (Phi) is 7.71. The molecule has 146 valence electrons. The van der Waals surface area contributed by atoms with E-state index in [2.05, 4.69) is 15.6 Å². The highest BCUT2D eigenvalue weighted by molar-refractivity contribution is 7.99. The fourth-order valence-electron chi connectivity index (χ4n) is 2.72. The van der Waals surface area contributed by atoms with E-state index in [4.69, 9.17) is 14.2 Å². The number of aliphatic hydroxyl groups is 1. The van der Waals surface area contributed by atoms with E-state index in [1.807, 2.05) is 19.1 Å². The summed E-state index contributed by atoms with van der Waals surface area (Å²) < 4.78 is 16.1. The SMILES string of the molecule is CCNC(=NCc1cc(OC)c(OC)c(OC)c1)NCC1(O)CCSC1. The average Bonchev–Trinajstić information content (AvgIpc) is 3.09. The van der Waals surface area contributed by atoms with Crippen molar-refractivity contribution in [1.29, 1.82) is 0 Å². The fraction of sp³-hybridized carbons (Fsp3) is 0.611. The maximum atomic E-state index is 10.5. The van der Waals surface area contributed by atoms with Crippen LogP contribution in [0.1, 0.15) is 18.9 Å². The number of benzene rings is 1. The van der Waals surface area contributed by atoms with Crippen LogP contribution in [0.2, 0.25) is 0 Å². The van der Waals surface area contributed by atoms with Gasteiger partial charge in [0.15, 0.2) is 17.5 Å². The van der Waals surface area contributed by atoms with Crippen LogP contribution in [0.25, 0.3) is 0 Å². The lowest BCUT2D eigenvalue weighted by Crippen LogP contribution is -2.47. The van der Waals surface area contributed by atoms with Gasteiger partial charge in [0, 0.05) is 18.8 Å². The molecule has 1 aliphatic rings. The molecule has 0 saturated carbocycles. The molecule has 8 heteroatoms. The molecule has 0 radical (unpaired) electrons. The van der Waals surface area contributed by atoms with Gasteiger partial charge in [-0.05, 0) is 36.8 Å². The summed E-state index contributed by atoms with van der Waals surface area (Å²) in [4.78, 5) is 4.61. The van der Waals surface area contributed by atoms with E-state index in [-0.39, 0.29) is 0 Å². The summed E-state index contributed by atoms with van der Waals surface area (Å²) in [6.45, 7) is 3.69. The van der Waals surface area contributed by atoms with E-state index in [0.717, 1.165) is 30.0 Å². The van der Waals surface area contributed by atoms with E-state index in [1.165, 1.54) is 0 Å². The predicted octanol–water partition coefficient (Wildman–Crippen LogP) is 1.64. The summed E-state index contributed by atoms with van der Waals surface area (Å²) in [5.41, 5.74) is 0.278. The Hall–Kier alpha value is -1.80. The van der Waals surface area contributed by atoms with Crippen LogP contribution in [0.15, 0.2) is 17.1 Å². The van der Waals surface area contributed by atoms with Crippen molar-refractivity contribution in [2.75, 3.05) is 45.9 Å².